The lowest BCUT2D eigenvalue weighted by atomic mass is 9.86. The van der Waals surface area contributed by atoms with Gasteiger partial charge in [0.15, 0.2) is 0 Å². The Balaban J connectivity index is 2.17. The van der Waals surface area contributed by atoms with Crippen molar-refractivity contribution < 1.29 is 9.53 Å². The Morgan fingerprint density at radius 1 is 1.04 bits per heavy atom. The lowest BCUT2D eigenvalue weighted by Crippen LogP contribution is -2.37. The monoisotopic (exact) mass is 351 g/mol. The van der Waals surface area contributed by atoms with Crippen LogP contribution in [0.15, 0.2) is 72.8 Å². The van der Waals surface area contributed by atoms with Crippen LogP contribution in [0.1, 0.15) is 44.9 Å². The van der Waals surface area contributed by atoms with Crippen LogP contribution in [0.5, 0.6) is 0 Å². The molecule has 0 spiro atoms. The average molecular weight is 351 g/mol. The lowest BCUT2D eigenvalue weighted by molar-refractivity contribution is 0.0492. The smallest absolute Gasteiger partial charge is 0.408 e. The second-order valence-electron chi connectivity index (χ2n) is 7.64. The summed E-state index contributed by atoms with van der Waals surface area (Å²) in [5, 5.41) is 3.03. The molecule has 2 rings (SSSR count). The van der Waals surface area contributed by atoms with Gasteiger partial charge in [-0.1, -0.05) is 79.7 Å². The predicted molar refractivity (Wildman–Crippen MR) is 107 cm³/mol. The maximum atomic E-state index is 12.4. The third-order valence-electron chi connectivity index (χ3n) is 4.25. The van der Waals surface area contributed by atoms with Gasteiger partial charge in [-0.05, 0) is 38.3 Å². The minimum Gasteiger partial charge on any atom is -0.444 e. The molecule has 138 valence electrons. The predicted octanol–water partition coefficient (Wildman–Crippen LogP) is 5.69. The Morgan fingerprint density at radius 3 is 2.12 bits per heavy atom. The Labute approximate surface area is 157 Å². The van der Waals surface area contributed by atoms with Gasteiger partial charge in [0.05, 0.1) is 6.04 Å². The Kier molecular flexibility index (Phi) is 6.62. The molecule has 0 unspecified atom stereocenters. The molecule has 2 aromatic carbocycles. The topological polar surface area (TPSA) is 38.3 Å². The molecule has 0 aliphatic rings. The van der Waals surface area contributed by atoms with Gasteiger partial charge >= 0.3 is 6.09 Å². The van der Waals surface area contributed by atoms with Crippen molar-refractivity contribution in [1.29, 1.82) is 0 Å². The molecule has 3 nitrogen and oxygen atoms in total. The minimum absolute atomic E-state index is 0.0603. The largest absolute Gasteiger partial charge is 0.444 e. The SMILES string of the molecule is C=C(Cc1ccccc1)[C@H](C)[C@H](NC(=O)OC(C)(C)C)c1ccccc1. The first-order valence-electron chi connectivity index (χ1n) is 9.02. The number of carbonyl (C=O) groups excluding carboxylic acids is 1. The lowest BCUT2D eigenvalue weighted by Gasteiger charge is -2.29. The van der Waals surface area contributed by atoms with E-state index in [0.717, 1.165) is 17.6 Å². The number of hydrogen-bond acceptors (Lipinski definition) is 2. The summed E-state index contributed by atoms with van der Waals surface area (Å²) < 4.78 is 5.46. The van der Waals surface area contributed by atoms with Crippen LogP contribution in [0.4, 0.5) is 4.79 Å². The summed E-state index contributed by atoms with van der Waals surface area (Å²) >= 11 is 0. The molecule has 0 aliphatic carbocycles. The number of carbonyl (C=O) groups is 1. The highest BCUT2D eigenvalue weighted by atomic mass is 16.6. The van der Waals surface area contributed by atoms with Crippen LogP contribution in [0.3, 0.4) is 0 Å². The van der Waals surface area contributed by atoms with Crippen LogP contribution in [-0.2, 0) is 11.2 Å². The molecule has 26 heavy (non-hydrogen) atoms. The zero-order chi connectivity index (χ0) is 19.2. The summed E-state index contributed by atoms with van der Waals surface area (Å²) in [6.45, 7) is 12.0. The van der Waals surface area contributed by atoms with Crippen molar-refractivity contribution in [3.63, 3.8) is 0 Å². The zero-order valence-electron chi connectivity index (χ0n) is 16.2. The van der Waals surface area contributed by atoms with E-state index in [1.54, 1.807) is 0 Å². The van der Waals surface area contributed by atoms with Crippen molar-refractivity contribution in [1.82, 2.24) is 5.32 Å². The van der Waals surface area contributed by atoms with Gasteiger partial charge in [-0.15, -0.1) is 0 Å². The standard InChI is InChI=1S/C23H29NO2/c1-17(16-19-12-8-6-9-13-19)18(2)21(20-14-10-7-11-15-20)24-22(25)26-23(3,4)5/h6-15,18,21H,1,16H2,2-5H3,(H,24,25)/t18-,21-/m0/s1. The van der Waals surface area contributed by atoms with Crippen molar-refractivity contribution in [3.8, 4) is 0 Å². The number of rotatable bonds is 6. The molecule has 0 fully saturated rings. The Morgan fingerprint density at radius 2 is 1.58 bits per heavy atom. The molecule has 0 heterocycles. The first kappa shape index (κ1) is 19.8. The van der Waals surface area contributed by atoms with Crippen LogP contribution >= 0.6 is 0 Å². The number of ether oxygens (including phenoxy) is 1. The van der Waals surface area contributed by atoms with Gasteiger partial charge in [-0.2, -0.15) is 0 Å². The van der Waals surface area contributed by atoms with Crippen molar-refractivity contribution in [2.45, 2.75) is 45.8 Å². The summed E-state index contributed by atoms with van der Waals surface area (Å²) in [7, 11) is 0. The molecule has 0 bridgehead atoms. The number of alkyl carbamates (subject to hydrolysis) is 1. The van der Waals surface area contributed by atoms with Gasteiger partial charge in [0.25, 0.3) is 0 Å². The molecule has 0 saturated carbocycles. The molecule has 0 radical (unpaired) electrons. The van der Waals surface area contributed by atoms with Crippen LogP contribution in [0.2, 0.25) is 0 Å². The van der Waals surface area contributed by atoms with E-state index in [1.165, 1.54) is 5.56 Å². The van der Waals surface area contributed by atoms with E-state index in [9.17, 15) is 4.79 Å². The summed E-state index contributed by atoms with van der Waals surface area (Å²) in [6, 6.07) is 20.0. The molecular formula is C23H29NO2. The van der Waals surface area contributed by atoms with Gasteiger partial charge in [0.2, 0.25) is 0 Å². The van der Waals surface area contributed by atoms with E-state index in [1.807, 2.05) is 69.3 Å². The van der Waals surface area contributed by atoms with Gasteiger partial charge in [0.1, 0.15) is 5.60 Å². The Bertz CT molecular complexity index is 717. The first-order valence-corrected chi connectivity index (χ1v) is 9.02. The molecular weight excluding hydrogens is 322 g/mol. The zero-order valence-corrected chi connectivity index (χ0v) is 16.2. The van der Waals surface area contributed by atoms with Crippen molar-refractivity contribution in [2.75, 3.05) is 0 Å². The molecule has 2 atom stereocenters. The maximum absolute atomic E-state index is 12.4. The van der Waals surface area contributed by atoms with Gasteiger partial charge in [-0.25, -0.2) is 4.79 Å². The van der Waals surface area contributed by atoms with Crippen LogP contribution < -0.4 is 5.32 Å². The molecule has 0 aliphatic heterocycles. The van der Waals surface area contributed by atoms with Gasteiger partial charge < -0.3 is 10.1 Å². The van der Waals surface area contributed by atoms with Gasteiger partial charge in [-0.3, -0.25) is 0 Å². The molecule has 1 amide bonds. The number of benzene rings is 2. The summed E-state index contributed by atoms with van der Waals surface area (Å²) in [6.07, 6.45) is 0.368. The normalized spacial score (nSPS) is 13.5. The van der Waals surface area contributed by atoms with E-state index in [2.05, 4.69) is 31.0 Å². The number of hydrogen-bond donors (Lipinski definition) is 1. The highest BCUT2D eigenvalue weighted by molar-refractivity contribution is 5.68. The third kappa shape index (κ3) is 6.07. The van der Waals surface area contributed by atoms with Gasteiger partial charge in [0, 0.05) is 5.92 Å². The first-order chi connectivity index (χ1) is 12.3. The van der Waals surface area contributed by atoms with E-state index in [0.29, 0.717) is 0 Å². The highest BCUT2D eigenvalue weighted by Crippen LogP contribution is 2.29. The number of amides is 1. The fourth-order valence-electron chi connectivity index (χ4n) is 2.85. The molecule has 1 N–H and O–H groups in total. The molecule has 3 heteroatoms. The van der Waals surface area contributed by atoms with E-state index < -0.39 is 11.7 Å². The summed E-state index contributed by atoms with van der Waals surface area (Å²) in [4.78, 5) is 12.4. The summed E-state index contributed by atoms with van der Waals surface area (Å²) in [5.41, 5.74) is 2.80. The Hall–Kier alpha value is -2.55. The maximum Gasteiger partial charge on any atom is 0.408 e. The molecule has 0 saturated heterocycles. The van der Waals surface area contributed by atoms with Crippen LogP contribution in [0.25, 0.3) is 0 Å². The van der Waals surface area contributed by atoms with E-state index >= 15 is 0 Å². The summed E-state index contributed by atoms with van der Waals surface area (Å²) in [5.74, 6) is 0.0603. The van der Waals surface area contributed by atoms with Crippen LogP contribution in [0, 0.1) is 5.92 Å². The van der Waals surface area contributed by atoms with Crippen molar-refractivity contribution in [3.05, 3.63) is 83.9 Å². The average Bonchev–Trinajstić information content (AvgIpc) is 2.59. The second kappa shape index (κ2) is 8.70. The fraction of sp³-hybridized carbons (Fsp3) is 0.348. The van der Waals surface area contributed by atoms with Crippen molar-refractivity contribution >= 4 is 6.09 Å². The second-order valence-corrected chi connectivity index (χ2v) is 7.64. The minimum atomic E-state index is -0.532. The third-order valence-corrected chi connectivity index (χ3v) is 4.25. The quantitative estimate of drug-likeness (QED) is 0.679. The van der Waals surface area contributed by atoms with E-state index in [4.69, 9.17) is 4.74 Å². The molecule has 0 aromatic heterocycles. The van der Waals surface area contributed by atoms with E-state index in [-0.39, 0.29) is 12.0 Å². The van der Waals surface area contributed by atoms with Crippen molar-refractivity contribution in [2.24, 2.45) is 5.92 Å². The fourth-order valence-corrected chi connectivity index (χ4v) is 2.85. The van der Waals surface area contributed by atoms with Crippen LogP contribution in [-0.4, -0.2) is 11.7 Å². The number of nitrogens with one attached hydrogen (secondary N) is 1. The highest BCUT2D eigenvalue weighted by Gasteiger charge is 2.26. The molecule has 2 aromatic rings.